The van der Waals surface area contributed by atoms with E-state index in [1.54, 1.807) is 6.26 Å². The first kappa shape index (κ1) is 18.1. The van der Waals surface area contributed by atoms with Gasteiger partial charge in [0.1, 0.15) is 5.58 Å². The van der Waals surface area contributed by atoms with Gasteiger partial charge in [-0.05, 0) is 48.1 Å². The Bertz CT molecular complexity index is 996. The van der Waals surface area contributed by atoms with Crippen LogP contribution in [-0.4, -0.2) is 12.5 Å². The lowest BCUT2D eigenvalue weighted by Gasteiger charge is -2.18. The van der Waals surface area contributed by atoms with Gasteiger partial charge in [0.2, 0.25) is 0 Å². The zero-order chi connectivity index (χ0) is 19.2. The zero-order valence-corrected chi connectivity index (χ0v) is 15.7. The van der Waals surface area contributed by atoms with E-state index in [0.717, 1.165) is 23.8 Å². The molecule has 4 aromatic rings. The number of amides is 1. The summed E-state index contributed by atoms with van der Waals surface area (Å²) >= 11 is 0. The second kappa shape index (κ2) is 8.57. The molecule has 1 amide bonds. The molecule has 0 aliphatic carbocycles. The summed E-state index contributed by atoms with van der Waals surface area (Å²) in [6.07, 6.45) is 3.47. The quantitative estimate of drug-likeness (QED) is 0.482. The summed E-state index contributed by atoms with van der Waals surface area (Å²) < 4.78 is 5.41. The van der Waals surface area contributed by atoms with E-state index in [4.69, 9.17) is 4.42 Å². The van der Waals surface area contributed by atoms with Gasteiger partial charge in [0.25, 0.3) is 5.91 Å². The molecule has 3 nitrogen and oxygen atoms in total. The maximum atomic E-state index is 12.8. The molecule has 0 bridgehead atoms. The first-order valence-corrected chi connectivity index (χ1v) is 9.62. The fourth-order valence-corrected chi connectivity index (χ4v) is 3.64. The molecular formula is C25H23NO2. The number of nitrogens with one attached hydrogen (secondary N) is 1. The van der Waals surface area contributed by atoms with Crippen LogP contribution in [0.25, 0.3) is 11.0 Å². The molecule has 0 aliphatic rings. The highest BCUT2D eigenvalue weighted by Gasteiger charge is 2.15. The van der Waals surface area contributed by atoms with Crippen LogP contribution in [0.2, 0.25) is 0 Å². The molecule has 4 rings (SSSR count). The van der Waals surface area contributed by atoms with Crippen molar-refractivity contribution in [2.45, 2.75) is 12.8 Å². The van der Waals surface area contributed by atoms with Crippen molar-refractivity contribution < 1.29 is 9.21 Å². The predicted octanol–water partition coefficient (Wildman–Crippen LogP) is 5.26. The number of benzene rings is 3. The van der Waals surface area contributed by atoms with Crippen LogP contribution in [0.5, 0.6) is 0 Å². The van der Waals surface area contributed by atoms with E-state index in [1.165, 1.54) is 11.1 Å². The highest BCUT2D eigenvalue weighted by molar-refractivity contribution is 6.05. The molecule has 140 valence electrons. The normalized spacial score (nSPS) is 11.0. The summed E-state index contributed by atoms with van der Waals surface area (Å²) in [6, 6.07) is 28.3. The van der Waals surface area contributed by atoms with Crippen LogP contribution in [0.3, 0.4) is 0 Å². The smallest absolute Gasteiger partial charge is 0.252 e. The maximum Gasteiger partial charge on any atom is 0.252 e. The maximum absolute atomic E-state index is 12.8. The molecule has 1 aromatic heterocycles. The molecule has 0 saturated heterocycles. The molecule has 0 spiro atoms. The Kier molecular flexibility index (Phi) is 5.53. The van der Waals surface area contributed by atoms with Crippen molar-refractivity contribution in [2.24, 2.45) is 5.92 Å². The number of hydrogen-bond donors (Lipinski definition) is 1. The van der Waals surface area contributed by atoms with Gasteiger partial charge in [-0.3, -0.25) is 4.79 Å². The minimum absolute atomic E-state index is 0.0573. The molecule has 0 radical (unpaired) electrons. The zero-order valence-electron chi connectivity index (χ0n) is 15.7. The summed E-state index contributed by atoms with van der Waals surface area (Å²) in [5.41, 5.74) is 3.96. The highest BCUT2D eigenvalue weighted by Crippen LogP contribution is 2.20. The molecule has 0 unspecified atom stereocenters. The van der Waals surface area contributed by atoms with Crippen molar-refractivity contribution in [3.8, 4) is 0 Å². The molecular weight excluding hydrogens is 346 g/mol. The summed E-state index contributed by atoms with van der Waals surface area (Å²) in [4.78, 5) is 12.8. The summed E-state index contributed by atoms with van der Waals surface area (Å²) in [5, 5.41) is 3.99. The Morgan fingerprint density at radius 1 is 0.786 bits per heavy atom. The first-order chi connectivity index (χ1) is 13.8. The van der Waals surface area contributed by atoms with Crippen LogP contribution in [0.4, 0.5) is 0 Å². The summed E-state index contributed by atoms with van der Waals surface area (Å²) in [5.74, 6) is 0.260. The number of carbonyl (C=O) groups is 1. The third-order valence-corrected chi connectivity index (χ3v) is 5.03. The molecule has 28 heavy (non-hydrogen) atoms. The van der Waals surface area contributed by atoms with Crippen molar-refractivity contribution >= 4 is 16.9 Å². The molecule has 0 atom stereocenters. The average Bonchev–Trinajstić information content (AvgIpc) is 3.22. The van der Waals surface area contributed by atoms with Crippen LogP contribution in [0.1, 0.15) is 21.5 Å². The van der Waals surface area contributed by atoms with E-state index in [9.17, 15) is 4.79 Å². The fraction of sp³-hybridized carbons (Fsp3) is 0.160. The molecule has 0 aliphatic heterocycles. The van der Waals surface area contributed by atoms with Crippen LogP contribution >= 0.6 is 0 Å². The second-order valence-electron chi connectivity index (χ2n) is 7.09. The van der Waals surface area contributed by atoms with Crippen LogP contribution in [0.15, 0.2) is 95.6 Å². The van der Waals surface area contributed by atoms with Crippen molar-refractivity contribution in [3.63, 3.8) is 0 Å². The van der Waals surface area contributed by atoms with Gasteiger partial charge in [-0.1, -0.05) is 66.7 Å². The van der Waals surface area contributed by atoms with E-state index in [-0.39, 0.29) is 5.91 Å². The van der Waals surface area contributed by atoms with Gasteiger partial charge < -0.3 is 9.73 Å². The van der Waals surface area contributed by atoms with E-state index in [2.05, 4.69) is 53.8 Å². The van der Waals surface area contributed by atoms with Gasteiger partial charge in [-0.25, -0.2) is 0 Å². The lowest BCUT2D eigenvalue weighted by Crippen LogP contribution is -2.31. The first-order valence-electron chi connectivity index (χ1n) is 9.62. The van der Waals surface area contributed by atoms with Crippen molar-refractivity contribution in [2.75, 3.05) is 6.54 Å². The van der Waals surface area contributed by atoms with Crippen LogP contribution < -0.4 is 5.32 Å². The molecule has 3 heteroatoms. The summed E-state index contributed by atoms with van der Waals surface area (Å²) in [7, 11) is 0. The molecule has 0 fully saturated rings. The molecule has 3 aromatic carbocycles. The van der Waals surface area contributed by atoms with E-state index in [0.29, 0.717) is 18.0 Å². The Morgan fingerprint density at radius 3 is 2.07 bits per heavy atom. The Morgan fingerprint density at radius 2 is 1.43 bits per heavy atom. The van der Waals surface area contributed by atoms with Gasteiger partial charge >= 0.3 is 0 Å². The Balaban J connectivity index is 1.48. The number of carbonyl (C=O) groups excluding carboxylic acids is 1. The third-order valence-electron chi connectivity index (χ3n) is 5.03. The number of rotatable bonds is 7. The van der Waals surface area contributed by atoms with Gasteiger partial charge in [-0.2, -0.15) is 0 Å². The standard InChI is InChI=1S/C25H23NO2/c27-25(23-12-7-13-24-22(23)14-15-28-24)26-18-21(16-19-8-3-1-4-9-19)17-20-10-5-2-6-11-20/h1-15,21H,16-18H2,(H,26,27). The van der Waals surface area contributed by atoms with Gasteiger partial charge in [0.15, 0.2) is 0 Å². The largest absolute Gasteiger partial charge is 0.464 e. The minimum Gasteiger partial charge on any atom is -0.464 e. The number of fused-ring (bicyclic) bond motifs is 1. The van der Waals surface area contributed by atoms with E-state index < -0.39 is 0 Å². The molecule has 1 N–H and O–H groups in total. The van der Waals surface area contributed by atoms with Crippen molar-refractivity contribution in [3.05, 3.63) is 108 Å². The number of furan rings is 1. The number of hydrogen-bond acceptors (Lipinski definition) is 2. The van der Waals surface area contributed by atoms with Crippen LogP contribution in [-0.2, 0) is 12.8 Å². The van der Waals surface area contributed by atoms with Gasteiger partial charge in [0.05, 0.1) is 11.8 Å². The lowest BCUT2D eigenvalue weighted by atomic mass is 9.92. The molecule has 0 saturated carbocycles. The minimum atomic E-state index is -0.0573. The predicted molar refractivity (Wildman–Crippen MR) is 112 cm³/mol. The second-order valence-corrected chi connectivity index (χ2v) is 7.09. The SMILES string of the molecule is O=C(NCC(Cc1ccccc1)Cc1ccccc1)c1cccc2occc12. The van der Waals surface area contributed by atoms with Crippen molar-refractivity contribution in [1.29, 1.82) is 0 Å². The average molecular weight is 369 g/mol. The fourth-order valence-electron chi connectivity index (χ4n) is 3.64. The van der Waals surface area contributed by atoms with E-state index >= 15 is 0 Å². The topological polar surface area (TPSA) is 42.2 Å². The Labute approximate surface area is 165 Å². The Hall–Kier alpha value is -3.33. The highest BCUT2D eigenvalue weighted by atomic mass is 16.3. The lowest BCUT2D eigenvalue weighted by molar-refractivity contribution is 0.0948. The molecule has 1 heterocycles. The van der Waals surface area contributed by atoms with Crippen molar-refractivity contribution in [1.82, 2.24) is 5.32 Å². The third kappa shape index (κ3) is 4.32. The van der Waals surface area contributed by atoms with Gasteiger partial charge in [-0.15, -0.1) is 0 Å². The van der Waals surface area contributed by atoms with Crippen LogP contribution in [0, 0.1) is 5.92 Å². The monoisotopic (exact) mass is 369 g/mol. The van der Waals surface area contributed by atoms with E-state index in [1.807, 2.05) is 36.4 Å². The van der Waals surface area contributed by atoms with Gasteiger partial charge in [0, 0.05) is 11.9 Å². The summed E-state index contributed by atoms with van der Waals surface area (Å²) in [6.45, 7) is 0.622.